The molecule has 0 radical (unpaired) electrons. The van der Waals surface area contributed by atoms with Gasteiger partial charge in [0, 0.05) is 25.6 Å². The second-order valence-electron chi connectivity index (χ2n) is 5.80. The highest BCUT2D eigenvalue weighted by Gasteiger charge is 2.16. The number of amides is 1. The molecule has 2 N–H and O–H groups in total. The molecule has 0 saturated carbocycles. The zero-order chi connectivity index (χ0) is 13.5. The van der Waals surface area contributed by atoms with Crippen molar-refractivity contribution in [2.24, 2.45) is 5.92 Å². The number of rotatable bonds is 7. The van der Waals surface area contributed by atoms with Crippen molar-refractivity contribution in [2.45, 2.75) is 52.6 Å². The van der Waals surface area contributed by atoms with E-state index in [1.54, 1.807) is 7.11 Å². The molecule has 0 aliphatic rings. The molecule has 0 aromatic carbocycles. The first kappa shape index (κ1) is 16.4. The molecule has 102 valence electrons. The van der Waals surface area contributed by atoms with Gasteiger partial charge in [0.15, 0.2) is 0 Å². The predicted octanol–water partition coefficient (Wildman–Crippen LogP) is 1.55. The highest BCUT2D eigenvalue weighted by atomic mass is 16.5. The SMILES string of the molecule is COCC(NC(=O)CCNC(C)(C)C)C(C)C. The van der Waals surface area contributed by atoms with Gasteiger partial charge in [0.25, 0.3) is 0 Å². The first-order valence-corrected chi connectivity index (χ1v) is 6.29. The lowest BCUT2D eigenvalue weighted by Crippen LogP contribution is -2.44. The third-order valence-corrected chi connectivity index (χ3v) is 2.50. The molecule has 1 unspecified atom stereocenters. The summed E-state index contributed by atoms with van der Waals surface area (Å²) in [6, 6.07) is 0.0992. The smallest absolute Gasteiger partial charge is 0.221 e. The fourth-order valence-corrected chi connectivity index (χ4v) is 1.41. The van der Waals surface area contributed by atoms with Gasteiger partial charge in [-0.25, -0.2) is 0 Å². The van der Waals surface area contributed by atoms with Gasteiger partial charge >= 0.3 is 0 Å². The van der Waals surface area contributed by atoms with Gasteiger partial charge in [-0.2, -0.15) is 0 Å². The van der Waals surface area contributed by atoms with E-state index in [0.29, 0.717) is 25.5 Å². The lowest BCUT2D eigenvalue weighted by molar-refractivity contribution is -0.122. The second-order valence-corrected chi connectivity index (χ2v) is 5.80. The fraction of sp³-hybridized carbons (Fsp3) is 0.923. The highest BCUT2D eigenvalue weighted by molar-refractivity contribution is 5.76. The van der Waals surface area contributed by atoms with Crippen molar-refractivity contribution in [2.75, 3.05) is 20.3 Å². The van der Waals surface area contributed by atoms with Crippen LogP contribution in [0.3, 0.4) is 0 Å². The quantitative estimate of drug-likeness (QED) is 0.714. The Balaban J connectivity index is 3.90. The van der Waals surface area contributed by atoms with Gasteiger partial charge in [0.2, 0.25) is 5.91 Å². The molecule has 0 fully saturated rings. The lowest BCUT2D eigenvalue weighted by atomic mass is 10.1. The maximum Gasteiger partial charge on any atom is 0.221 e. The first-order chi connectivity index (χ1) is 7.76. The molecule has 0 bridgehead atoms. The summed E-state index contributed by atoms with van der Waals surface area (Å²) >= 11 is 0. The fourth-order valence-electron chi connectivity index (χ4n) is 1.41. The Morgan fingerprint density at radius 2 is 1.88 bits per heavy atom. The number of hydrogen-bond donors (Lipinski definition) is 2. The van der Waals surface area contributed by atoms with Gasteiger partial charge in [0.1, 0.15) is 0 Å². The third-order valence-electron chi connectivity index (χ3n) is 2.50. The van der Waals surface area contributed by atoms with Gasteiger partial charge in [-0.15, -0.1) is 0 Å². The van der Waals surface area contributed by atoms with Crippen molar-refractivity contribution in [3.63, 3.8) is 0 Å². The minimum Gasteiger partial charge on any atom is -0.383 e. The molecular formula is C13H28N2O2. The second kappa shape index (κ2) is 7.67. The maximum absolute atomic E-state index is 11.7. The van der Waals surface area contributed by atoms with Crippen molar-refractivity contribution in [3.8, 4) is 0 Å². The Morgan fingerprint density at radius 1 is 1.29 bits per heavy atom. The van der Waals surface area contributed by atoms with Crippen LogP contribution in [0.5, 0.6) is 0 Å². The number of methoxy groups -OCH3 is 1. The molecule has 1 atom stereocenters. The van der Waals surface area contributed by atoms with Crippen LogP contribution in [0.1, 0.15) is 41.0 Å². The normalized spacial score (nSPS) is 13.8. The number of carbonyl (C=O) groups is 1. The van der Waals surface area contributed by atoms with Crippen LogP contribution in [0.4, 0.5) is 0 Å². The number of hydrogen-bond acceptors (Lipinski definition) is 3. The van der Waals surface area contributed by atoms with E-state index in [0.717, 1.165) is 0 Å². The van der Waals surface area contributed by atoms with E-state index < -0.39 is 0 Å². The van der Waals surface area contributed by atoms with Crippen LogP contribution >= 0.6 is 0 Å². The van der Waals surface area contributed by atoms with Gasteiger partial charge in [0.05, 0.1) is 12.6 Å². The van der Waals surface area contributed by atoms with Crippen LogP contribution in [-0.2, 0) is 9.53 Å². The van der Waals surface area contributed by atoms with Crippen LogP contribution in [0.25, 0.3) is 0 Å². The minimum absolute atomic E-state index is 0.0598. The summed E-state index contributed by atoms with van der Waals surface area (Å²) < 4.78 is 5.09. The van der Waals surface area contributed by atoms with Crippen LogP contribution < -0.4 is 10.6 Å². The Bertz CT molecular complexity index is 222. The van der Waals surface area contributed by atoms with Gasteiger partial charge in [-0.05, 0) is 26.7 Å². The van der Waals surface area contributed by atoms with Crippen LogP contribution in [-0.4, -0.2) is 37.7 Å². The zero-order valence-corrected chi connectivity index (χ0v) is 12.1. The summed E-state index contributed by atoms with van der Waals surface area (Å²) in [5.74, 6) is 0.465. The summed E-state index contributed by atoms with van der Waals surface area (Å²) in [4.78, 5) is 11.7. The topological polar surface area (TPSA) is 50.4 Å². The largest absolute Gasteiger partial charge is 0.383 e. The van der Waals surface area contributed by atoms with Crippen molar-refractivity contribution >= 4 is 5.91 Å². The van der Waals surface area contributed by atoms with Crippen LogP contribution in [0.15, 0.2) is 0 Å². The van der Waals surface area contributed by atoms with Crippen LogP contribution in [0.2, 0.25) is 0 Å². The Kier molecular flexibility index (Phi) is 7.39. The Labute approximate surface area is 105 Å². The minimum atomic E-state index is 0.0598. The van der Waals surface area contributed by atoms with E-state index in [9.17, 15) is 4.79 Å². The molecule has 0 saturated heterocycles. The standard InChI is InChI=1S/C13H28N2O2/c1-10(2)11(9-17-6)15-12(16)7-8-14-13(3,4)5/h10-11,14H,7-9H2,1-6H3,(H,15,16). The molecule has 0 heterocycles. The highest BCUT2D eigenvalue weighted by Crippen LogP contribution is 2.02. The average molecular weight is 244 g/mol. The zero-order valence-electron chi connectivity index (χ0n) is 12.1. The molecule has 0 aliphatic heterocycles. The summed E-state index contributed by atoms with van der Waals surface area (Å²) in [5.41, 5.74) is 0.0598. The van der Waals surface area contributed by atoms with E-state index in [2.05, 4.69) is 45.3 Å². The van der Waals surface area contributed by atoms with E-state index in [1.807, 2.05) is 0 Å². The van der Waals surface area contributed by atoms with Crippen molar-refractivity contribution in [3.05, 3.63) is 0 Å². The molecule has 4 heteroatoms. The third kappa shape index (κ3) is 9.12. The summed E-state index contributed by atoms with van der Waals surface area (Å²) in [7, 11) is 1.66. The number of nitrogens with one attached hydrogen (secondary N) is 2. The number of ether oxygens (including phenoxy) is 1. The molecular weight excluding hydrogens is 216 g/mol. The van der Waals surface area contributed by atoms with E-state index in [1.165, 1.54) is 0 Å². The summed E-state index contributed by atoms with van der Waals surface area (Å²) in [6.07, 6.45) is 0.504. The van der Waals surface area contributed by atoms with Crippen molar-refractivity contribution < 1.29 is 9.53 Å². The molecule has 0 aromatic rings. The van der Waals surface area contributed by atoms with Crippen molar-refractivity contribution in [1.82, 2.24) is 10.6 Å². The molecule has 0 aliphatic carbocycles. The van der Waals surface area contributed by atoms with Crippen molar-refractivity contribution in [1.29, 1.82) is 0 Å². The first-order valence-electron chi connectivity index (χ1n) is 6.29. The lowest BCUT2D eigenvalue weighted by Gasteiger charge is -2.23. The summed E-state index contributed by atoms with van der Waals surface area (Å²) in [5, 5.41) is 6.29. The average Bonchev–Trinajstić information content (AvgIpc) is 2.14. The Hall–Kier alpha value is -0.610. The van der Waals surface area contributed by atoms with Crippen LogP contribution in [0, 0.1) is 5.92 Å². The summed E-state index contributed by atoms with van der Waals surface area (Å²) in [6.45, 7) is 11.7. The van der Waals surface area contributed by atoms with E-state index >= 15 is 0 Å². The Morgan fingerprint density at radius 3 is 2.29 bits per heavy atom. The monoisotopic (exact) mass is 244 g/mol. The molecule has 0 rings (SSSR count). The molecule has 17 heavy (non-hydrogen) atoms. The predicted molar refractivity (Wildman–Crippen MR) is 71.0 cm³/mol. The maximum atomic E-state index is 11.7. The molecule has 0 spiro atoms. The van der Waals surface area contributed by atoms with Gasteiger partial charge in [-0.3, -0.25) is 4.79 Å². The van der Waals surface area contributed by atoms with Gasteiger partial charge < -0.3 is 15.4 Å². The molecule has 1 amide bonds. The van der Waals surface area contributed by atoms with E-state index in [-0.39, 0.29) is 17.5 Å². The van der Waals surface area contributed by atoms with E-state index in [4.69, 9.17) is 4.74 Å². The molecule has 0 aromatic heterocycles. The molecule has 4 nitrogen and oxygen atoms in total. The number of carbonyl (C=O) groups excluding carboxylic acids is 1. The van der Waals surface area contributed by atoms with Gasteiger partial charge in [-0.1, -0.05) is 13.8 Å².